The van der Waals surface area contributed by atoms with Crippen molar-refractivity contribution in [3.63, 3.8) is 0 Å². The number of carboxylic acid groups (broad SMARTS) is 1. The van der Waals surface area contributed by atoms with Gasteiger partial charge in [0.1, 0.15) is 12.0 Å². The Morgan fingerprint density at radius 1 is 0.679 bits per heavy atom. The summed E-state index contributed by atoms with van der Waals surface area (Å²) < 4.78 is 11.1. The van der Waals surface area contributed by atoms with Crippen molar-refractivity contribution in [2.24, 2.45) is 17.8 Å². The van der Waals surface area contributed by atoms with Crippen molar-refractivity contribution in [1.82, 2.24) is 0 Å². The van der Waals surface area contributed by atoms with E-state index in [0.29, 0.717) is 0 Å². The van der Waals surface area contributed by atoms with E-state index in [1.807, 2.05) is 13.0 Å². The molecule has 2 bridgehead atoms. The zero-order chi connectivity index (χ0) is 42.0. The number of aliphatic carboxylic acids is 1. The second kappa shape index (κ2) is 24.7. The number of fused-ring (bicyclic) bond motifs is 2. The normalized spacial score (nSPS) is 40.2. The van der Waals surface area contributed by atoms with E-state index < -0.39 is 116 Å². The standard InChI is InChI=1S/C41H64O15/c1-25-13-10-8-6-4-5-7-9-11-14-28(42)15-12-16-29(43)21-36-38(40(52)53)35(49)24-41(54,56-36)23-34(48)33(47)18-17-30(44)19-31(45)20-32(46)22-37(50)55-27(3)26(2)39(25)51/h4-14,16,25-36,38-39,42-49,51,54H,15,17-24H2,1-3H3,(H,52,53)/t25-,26-,27-,28?,29-,30+,31+,32+,33+,34+,35-,36?,38+,39+,41+/m0/s1. The van der Waals surface area contributed by atoms with Crippen molar-refractivity contribution in [2.45, 2.75) is 151 Å². The van der Waals surface area contributed by atoms with E-state index in [9.17, 15) is 65.8 Å². The molecule has 2 unspecified atom stereocenters. The lowest BCUT2D eigenvalue weighted by Crippen LogP contribution is -2.56. The maximum atomic E-state index is 12.5. The average molecular weight is 797 g/mol. The van der Waals surface area contributed by atoms with Crippen LogP contribution in [0.3, 0.4) is 0 Å². The fourth-order valence-electron chi connectivity index (χ4n) is 6.71. The molecule has 11 N–H and O–H groups in total. The fraction of sp³-hybridized carbons (Fsp3) is 0.659. The van der Waals surface area contributed by atoms with Crippen LogP contribution < -0.4 is 0 Å². The first-order valence-corrected chi connectivity index (χ1v) is 19.3. The van der Waals surface area contributed by atoms with Gasteiger partial charge in [-0.05, 0) is 39.0 Å². The molecule has 0 spiro atoms. The molecule has 0 saturated carbocycles. The Bertz CT molecular complexity index is 1360. The molecule has 0 aromatic heterocycles. The lowest BCUT2D eigenvalue weighted by atomic mass is 9.82. The van der Waals surface area contributed by atoms with Crippen LogP contribution in [0.25, 0.3) is 0 Å². The highest BCUT2D eigenvalue weighted by molar-refractivity contribution is 5.71. The molecule has 15 heteroatoms. The van der Waals surface area contributed by atoms with E-state index in [-0.39, 0.29) is 44.4 Å². The van der Waals surface area contributed by atoms with Crippen LogP contribution in [0.2, 0.25) is 0 Å². The molecular formula is C41H64O15. The Morgan fingerprint density at radius 2 is 1.25 bits per heavy atom. The van der Waals surface area contributed by atoms with Gasteiger partial charge in [0.05, 0.1) is 67.5 Å². The van der Waals surface area contributed by atoms with Crippen LogP contribution in [0, 0.1) is 17.8 Å². The lowest BCUT2D eigenvalue weighted by Gasteiger charge is -2.44. The molecule has 318 valence electrons. The van der Waals surface area contributed by atoms with Crippen molar-refractivity contribution < 1.29 is 75.2 Å². The second-order valence-corrected chi connectivity index (χ2v) is 15.2. The molecular weight excluding hydrogens is 732 g/mol. The number of carbonyl (C=O) groups excluding carboxylic acids is 1. The van der Waals surface area contributed by atoms with Gasteiger partial charge in [0.25, 0.3) is 0 Å². The Labute approximate surface area is 328 Å². The van der Waals surface area contributed by atoms with Gasteiger partial charge in [0.15, 0.2) is 5.79 Å². The van der Waals surface area contributed by atoms with E-state index >= 15 is 0 Å². The lowest BCUT2D eigenvalue weighted by molar-refractivity contribution is -0.302. The number of aliphatic hydroxyl groups is 10. The summed E-state index contributed by atoms with van der Waals surface area (Å²) in [6.07, 6.45) is 3.74. The minimum absolute atomic E-state index is 0.113. The highest BCUT2D eigenvalue weighted by Gasteiger charge is 2.50. The summed E-state index contributed by atoms with van der Waals surface area (Å²) in [5, 5.41) is 116. The summed E-state index contributed by atoms with van der Waals surface area (Å²) in [5.41, 5.74) is 0. The summed E-state index contributed by atoms with van der Waals surface area (Å²) >= 11 is 0. The number of carboxylic acids is 1. The molecule has 2 rings (SSSR count). The SMILES string of the molecule is C[C@@H]1[C@H](O)[C@@H](C)C=CC=CC=CC=CC=CC(O)CC=C[C@H](O)CC2O[C@](O)(C[C@@H](O)[C@H](O)CC[C@@H](O)C[C@@H](O)C[C@@H](O)CC(=O)O[C@H]1C)C[C@H](O)[C@H]2C(=O)O. The minimum atomic E-state index is -2.29. The zero-order valence-corrected chi connectivity index (χ0v) is 32.4. The van der Waals surface area contributed by atoms with Gasteiger partial charge in [-0.3, -0.25) is 9.59 Å². The van der Waals surface area contributed by atoms with E-state index in [1.165, 1.54) is 18.2 Å². The number of cyclic esters (lactones) is 1. The Morgan fingerprint density at radius 3 is 1.88 bits per heavy atom. The number of rotatable bonds is 1. The summed E-state index contributed by atoms with van der Waals surface area (Å²) in [4.78, 5) is 24.5. The Kier molecular flexibility index (Phi) is 21.6. The molecule has 0 aromatic carbocycles. The molecule has 2 aliphatic heterocycles. The summed E-state index contributed by atoms with van der Waals surface area (Å²) in [6, 6.07) is 0. The van der Waals surface area contributed by atoms with Crippen molar-refractivity contribution >= 4 is 11.9 Å². The van der Waals surface area contributed by atoms with Gasteiger partial charge in [0, 0.05) is 31.1 Å². The molecule has 2 heterocycles. The second-order valence-electron chi connectivity index (χ2n) is 15.2. The van der Waals surface area contributed by atoms with E-state index in [4.69, 9.17) is 9.47 Å². The fourth-order valence-corrected chi connectivity index (χ4v) is 6.71. The molecule has 2 aliphatic rings. The largest absolute Gasteiger partial charge is 0.481 e. The third-order valence-electron chi connectivity index (χ3n) is 10.1. The monoisotopic (exact) mass is 796 g/mol. The minimum Gasteiger partial charge on any atom is -0.481 e. The first-order valence-electron chi connectivity index (χ1n) is 19.3. The molecule has 0 aliphatic carbocycles. The predicted octanol–water partition coefficient (Wildman–Crippen LogP) is 1.09. The van der Waals surface area contributed by atoms with Gasteiger partial charge < -0.3 is 65.6 Å². The van der Waals surface area contributed by atoms with Gasteiger partial charge in [-0.1, -0.05) is 86.8 Å². The summed E-state index contributed by atoms with van der Waals surface area (Å²) in [5.74, 6) is -6.70. The van der Waals surface area contributed by atoms with E-state index in [2.05, 4.69) is 0 Å². The van der Waals surface area contributed by atoms with Gasteiger partial charge in [0.2, 0.25) is 0 Å². The number of ether oxygens (including phenoxy) is 2. The maximum absolute atomic E-state index is 12.5. The number of allylic oxidation sites excluding steroid dienone is 8. The van der Waals surface area contributed by atoms with E-state index in [1.54, 1.807) is 62.5 Å². The number of esters is 1. The molecule has 0 aromatic rings. The summed E-state index contributed by atoms with van der Waals surface area (Å²) in [7, 11) is 0. The molecule has 15 atom stereocenters. The maximum Gasteiger partial charge on any atom is 0.311 e. The molecule has 56 heavy (non-hydrogen) atoms. The van der Waals surface area contributed by atoms with Crippen molar-refractivity contribution in [3.05, 3.63) is 72.9 Å². The predicted molar refractivity (Wildman–Crippen MR) is 205 cm³/mol. The molecule has 0 radical (unpaired) electrons. The first-order chi connectivity index (χ1) is 26.3. The van der Waals surface area contributed by atoms with Crippen LogP contribution in [0.1, 0.15) is 78.6 Å². The number of aliphatic hydroxyl groups excluding tert-OH is 9. The van der Waals surface area contributed by atoms with Gasteiger partial charge >= 0.3 is 11.9 Å². The molecule has 1 saturated heterocycles. The van der Waals surface area contributed by atoms with Crippen LogP contribution >= 0.6 is 0 Å². The van der Waals surface area contributed by atoms with E-state index in [0.717, 1.165) is 0 Å². The third kappa shape index (κ3) is 18.0. The highest BCUT2D eigenvalue weighted by atomic mass is 16.6. The van der Waals surface area contributed by atoms with Crippen molar-refractivity contribution in [1.29, 1.82) is 0 Å². The molecule has 15 nitrogen and oxygen atoms in total. The quantitative estimate of drug-likeness (QED) is 0.131. The van der Waals surface area contributed by atoms with Crippen LogP contribution in [-0.4, -0.2) is 141 Å². The van der Waals surface area contributed by atoms with Crippen LogP contribution in [0.5, 0.6) is 0 Å². The average Bonchev–Trinajstić information content (AvgIpc) is 3.09. The number of carbonyl (C=O) groups is 2. The topological polar surface area (TPSA) is 275 Å². The van der Waals surface area contributed by atoms with Crippen LogP contribution in [0.4, 0.5) is 0 Å². The van der Waals surface area contributed by atoms with Gasteiger partial charge in [-0.25, -0.2) is 0 Å². The molecule has 0 amide bonds. The Hall–Kier alpha value is -3.06. The first kappa shape index (κ1) is 49.1. The zero-order valence-electron chi connectivity index (χ0n) is 32.4. The highest BCUT2D eigenvalue weighted by Crippen LogP contribution is 2.37. The van der Waals surface area contributed by atoms with Crippen LogP contribution in [-0.2, 0) is 19.1 Å². The third-order valence-corrected chi connectivity index (χ3v) is 10.1. The smallest absolute Gasteiger partial charge is 0.311 e. The number of hydrogen-bond acceptors (Lipinski definition) is 14. The van der Waals surface area contributed by atoms with Gasteiger partial charge in [-0.2, -0.15) is 0 Å². The molecule has 1 fully saturated rings. The van der Waals surface area contributed by atoms with Crippen LogP contribution in [0.15, 0.2) is 72.9 Å². The summed E-state index contributed by atoms with van der Waals surface area (Å²) in [6.45, 7) is 5.20. The number of hydrogen-bond donors (Lipinski definition) is 11. The van der Waals surface area contributed by atoms with Crippen molar-refractivity contribution in [3.8, 4) is 0 Å². The van der Waals surface area contributed by atoms with Gasteiger partial charge in [-0.15, -0.1) is 0 Å². The van der Waals surface area contributed by atoms with Crippen molar-refractivity contribution in [2.75, 3.05) is 0 Å². The Balaban J connectivity index is 2.18.